The number of methoxy groups -OCH3 is 2. The molecule has 2 aromatic carbocycles. The number of pyridine rings is 1. The maximum Gasteiger partial charge on any atom is 0.257 e. The Bertz CT molecular complexity index is 2190. The fourth-order valence-electron chi connectivity index (χ4n) is 7.81. The molecular formula is C46H54N6O8S2. The van der Waals surface area contributed by atoms with E-state index in [1.165, 1.54) is 25.4 Å². The van der Waals surface area contributed by atoms with E-state index in [9.17, 15) is 14.4 Å². The summed E-state index contributed by atoms with van der Waals surface area (Å²) in [6.45, 7) is 9.94. The van der Waals surface area contributed by atoms with Gasteiger partial charge in [0.15, 0.2) is 23.0 Å². The molecule has 0 saturated carbocycles. The summed E-state index contributed by atoms with van der Waals surface area (Å²) in [4.78, 5) is 57.9. The van der Waals surface area contributed by atoms with E-state index in [2.05, 4.69) is 31.3 Å². The molecule has 1 N–H and O–H groups in total. The van der Waals surface area contributed by atoms with Crippen molar-refractivity contribution in [2.24, 2.45) is 9.98 Å². The highest BCUT2D eigenvalue weighted by Gasteiger charge is 2.36. The molecule has 328 valence electrons. The molecule has 4 aliphatic rings. The van der Waals surface area contributed by atoms with Gasteiger partial charge in [0.1, 0.15) is 25.6 Å². The van der Waals surface area contributed by atoms with Crippen molar-refractivity contribution in [3.8, 4) is 28.7 Å². The summed E-state index contributed by atoms with van der Waals surface area (Å²) in [7, 11) is 6.52. The molecule has 2 fully saturated rings. The SMILES string of the molecule is C/C=C1\CC2C=Nc3cc(OCc4cc(OCCNC(=O)CCC(C)(C)SSC)cc(COc5cc6c(cc5OC)C(=O)N5C/C(=C/C)C[C@H]5C=N6)n4)c(OC)cc3C(=O)N2C1. The zero-order valence-electron chi connectivity index (χ0n) is 36.3. The van der Waals surface area contributed by atoms with Crippen molar-refractivity contribution >= 4 is 63.1 Å². The number of aromatic nitrogens is 1. The lowest BCUT2D eigenvalue weighted by molar-refractivity contribution is -0.121. The molecule has 0 bridgehead atoms. The van der Waals surface area contributed by atoms with Crippen LogP contribution in [-0.2, 0) is 18.0 Å². The minimum atomic E-state index is -0.112. The van der Waals surface area contributed by atoms with Gasteiger partial charge in [0.25, 0.3) is 11.8 Å². The number of benzene rings is 2. The lowest BCUT2D eigenvalue weighted by Crippen LogP contribution is -2.35. The Morgan fingerprint density at radius 2 is 1.31 bits per heavy atom. The number of amides is 3. The number of carbonyl (C=O) groups is 3. The summed E-state index contributed by atoms with van der Waals surface area (Å²) in [6, 6.07) is 10.1. The summed E-state index contributed by atoms with van der Waals surface area (Å²) < 4.78 is 30.2. The smallest absolute Gasteiger partial charge is 0.257 e. The first-order valence-corrected chi connectivity index (χ1v) is 23.3. The Balaban J connectivity index is 1.09. The van der Waals surface area contributed by atoms with Crippen LogP contribution in [-0.4, -0.2) is 108 Å². The summed E-state index contributed by atoms with van der Waals surface area (Å²) in [5.74, 6) is 1.81. The van der Waals surface area contributed by atoms with Gasteiger partial charge in [0.05, 0.1) is 66.7 Å². The standard InChI is InChI=1S/C46H54N6O8S2/c1-8-28-14-32-22-48-37-20-41(39(56-5)18-35(37)44(54)51(32)24-28)59-26-30-16-34(58-13-12-47-43(53)10-11-46(3,4)62-61-7)17-31(50-30)27-60-42-21-38-36(19-40(42)57-6)45(55)52-25-29(9-2)15-33(52)23-49-38/h8-9,16-23,32-33H,10-15,24-27H2,1-7H3,(H,47,53)/b28-8+,29-9+/t32-,33?/m0/s1. The number of ether oxygens (including phenoxy) is 5. The lowest BCUT2D eigenvalue weighted by atomic mass is 10.1. The van der Waals surface area contributed by atoms with E-state index in [0.717, 1.165) is 19.3 Å². The van der Waals surface area contributed by atoms with Crippen LogP contribution in [0.1, 0.15) is 85.5 Å². The molecule has 16 heteroatoms. The molecule has 3 amide bonds. The highest BCUT2D eigenvalue weighted by Crippen LogP contribution is 2.41. The average Bonchev–Trinajstić information content (AvgIpc) is 3.84. The van der Waals surface area contributed by atoms with Gasteiger partial charge in [0.2, 0.25) is 5.91 Å². The molecule has 4 aliphatic heterocycles. The largest absolute Gasteiger partial charge is 0.493 e. The summed E-state index contributed by atoms with van der Waals surface area (Å²) in [5.41, 5.74) is 5.34. The van der Waals surface area contributed by atoms with Crippen molar-refractivity contribution in [3.05, 3.63) is 82.2 Å². The first-order valence-electron chi connectivity index (χ1n) is 20.7. The van der Waals surface area contributed by atoms with Crippen molar-refractivity contribution in [2.75, 3.05) is 46.7 Å². The van der Waals surface area contributed by atoms with Crippen LogP contribution in [0.4, 0.5) is 11.4 Å². The second-order valence-electron chi connectivity index (χ2n) is 16.0. The number of fused-ring (bicyclic) bond motifs is 4. The van der Waals surface area contributed by atoms with Crippen LogP contribution in [0.5, 0.6) is 28.7 Å². The second-order valence-corrected chi connectivity index (χ2v) is 19.1. The maximum atomic E-state index is 13.7. The highest BCUT2D eigenvalue weighted by atomic mass is 33.1. The van der Waals surface area contributed by atoms with E-state index >= 15 is 0 Å². The summed E-state index contributed by atoms with van der Waals surface area (Å²) in [6.07, 6.45) is 12.5. The van der Waals surface area contributed by atoms with Crippen LogP contribution in [0.2, 0.25) is 0 Å². The first-order chi connectivity index (χ1) is 29.9. The lowest BCUT2D eigenvalue weighted by Gasteiger charge is -2.21. The Morgan fingerprint density at radius 3 is 1.77 bits per heavy atom. The van der Waals surface area contributed by atoms with E-state index < -0.39 is 0 Å². The Labute approximate surface area is 371 Å². The molecule has 0 radical (unpaired) electrons. The maximum absolute atomic E-state index is 13.7. The molecular weight excluding hydrogens is 829 g/mol. The first kappa shape index (κ1) is 44.6. The molecule has 62 heavy (non-hydrogen) atoms. The minimum absolute atomic E-state index is 0.0108. The van der Waals surface area contributed by atoms with Gasteiger partial charge >= 0.3 is 0 Å². The van der Waals surface area contributed by atoms with Gasteiger partial charge in [0, 0.05) is 61.0 Å². The normalized spacial score (nSPS) is 19.1. The van der Waals surface area contributed by atoms with E-state index in [-0.39, 0.29) is 54.4 Å². The van der Waals surface area contributed by atoms with Crippen LogP contribution >= 0.6 is 21.6 Å². The van der Waals surface area contributed by atoms with E-state index in [4.69, 9.17) is 38.7 Å². The van der Waals surface area contributed by atoms with Gasteiger partial charge in [-0.3, -0.25) is 29.4 Å². The molecule has 2 saturated heterocycles. The Morgan fingerprint density at radius 1 is 0.790 bits per heavy atom. The fourth-order valence-corrected chi connectivity index (χ4v) is 10.1. The molecule has 3 aromatic rings. The van der Waals surface area contributed by atoms with Gasteiger partial charge in [-0.15, -0.1) is 0 Å². The minimum Gasteiger partial charge on any atom is -0.493 e. The molecule has 2 atom stereocenters. The zero-order valence-corrected chi connectivity index (χ0v) is 38.0. The predicted octanol–water partition coefficient (Wildman–Crippen LogP) is 8.08. The number of nitrogens with zero attached hydrogens (tertiary/aromatic N) is 5. The van der Waals surface area contributed by atoms with Crippen LogP contribution in [0.25, 0.3) is 0 Å². The number of hydrogen-bond donors (Lipinski definition) is 1. The molecule has 0 aliphatic carbocycles. The number of nitrogens with one attached hydrogen (secondary N) is 1. The van der Waals surface area contributed by atoms with Crippen molar-refractivity contribution in [2.45, 2.75) is 83.4 Å². The third kappa shape index (κ3) is 10.2. The van der Waals surface area contributed by atoms with Crippen molar-refractivity contribution < 1.29 is 38.1 Å². The van der Waals surface area contributed by atoms with Crippen molar-refractivity contribution in [3.63, 3.8) is 0 Å². The fraction of sp³-hybridized carbons (Fsp3) is 0.435. The van der Waals surface area contributed by atoms with Gasteiger partial charge in [-0.05, 0) is 65.3 Å². The third-order valence-electron chi connectivity index (χ3n) is 11.2. The topological polar surface area (TPSA) is 153 Å². The van der Waals surface area contributed by atoms with Crippen molar-refractivity contribution in [1.29, 1.82) is 0 Å². The third-order valence-corrected chi connectivity index (χ3v) is 13.9. The molecule has 0 spiro atoms. The van der Waals surface area contributed by atoms with Gasteiger partial charge in [-0.25, -0.2) is 0 Å². The van der Waals surface area contributed by atoms with Crippen LogP contribution in [0.15, 0.2) is 69.7 Å². The van der Waals surface area contributed by atoms with E-state index in [0.29, 0.717) is 88.7 Å². The van der Waals surface area contributed by atoms with Gasteiger partial charge < -0.3 is 38.8 Å². The number of hydrogen-bond acceptors (Lipinski definition) is 13. The molecule has 7 rings (SSSR count). The van der Waals surface area contributed by atoms with Crippen LogP contribution < -0.4 is 29.0 Å². The molecule has 1 aromatic heterocycles. The summed E-state index contributed by atoms with van der Waals surface area (Å²) in [5, 5.41) is 2.96. The molecule has 5 heterocycles. The number of rotatable bonds is 17. The van der Waals surface area contributed by atoms with E-state index in [1.54, 1.807) is 58.0 Å². The Kier molecular flexibility index (Phi) is 14.2. The highest BCUT2D eigenvalue weighted by molar-refractivity contribution is 8.76. The average molecular weight is 883 g/mol. The molecule has 1 unspecified atom stereocenters. The summed E-state index contributed by atoms with van der Waals surface area (Å²) >= 11 is 0. The van der Waals surface area contributed by atoms with Gasteiger partial charge in [-0.2, -0.15) is 0 Å². The van der Waals surface area contributed by atoms with Crippen LogP contribution in [0, 0.1) is 0 Å². The quantitative estimate of drug-likeness (QED) is 0.0796. The van der Waals surface area contributed by atoms with Gasteiger partial charge in [-0.1, -0.05) is 44.9 Å². The van der Waals surface area contributed by atoms with Crippen LogP contribution in [0.3, 0.4) is 0 Å². The number of aliphatic imine (C=N–C) groups is 2. The second kappa shape index (κ2) is 19.7. The monoisotopic (exact) mass is 882 g/mol. The number of carbonyl (C=O) groups excluding carboxylic acids is 3. The van der Waals surface area contributed by atoms with Crippen molar-refractivity contribution in [1.82, 2.24) is 20.1 Å². The number of allylic oxidation sites excluding steroid dienone is 2. The van der Waals surface area contributed by atoms with E-state index in [1.807, 2.05) is 42.3 Å². The molecule has 14 nitrogen and oxygen atoms in total. The Hall–Kier alpha value is -5.48. The zero-order chi connectivity index (χ0) is 44.0. The predicted molar refractivity (Wildman–Crippen MR) is 245 cm³/mol.